The monoisotopic (exact) mass is 335 g/mol. The molecule has 0 aliphatic heterocycles. The lowest BCUT2D eigenvalue weighted by Crippen LogP contribution is -2.30. The summed E-state index contributed by atoms with van der Waals surface area (Å²) in [5, 5.41) is 10.4. The van der Waals surface area contributed by atoms with Crippen molar-refractivity contribution in [3.05, 3.63) is 29.5 Å². The van der Waals surface area contributed by atoms with Crippen molar-refractivity contribution in [2.24, 2.45) is 0 Å². The topological polar surface area (TPSA) is 95.7 Å². The van der Waals surface area contributed by atoms with Crippen molar-refractivity contribution in [3.63, 3.8) is 0 Å². The van der Waals surface area contributed by atoms with E-state index >= 15 is 0 Å². The normalized spacial score (nSPS) is 10.6. The minimum absolute atomic E-state index is 0.0111. The van der Waals surface area contributed by atoms with Gasteiger partial charge in [-0.3, -0.25) is 4.79 Å². The number of ether oxygens (including phenoxy) is 3. The molecule has 0 saturated carbocycles. The van der Waals surface area contributed by atoms with Crippen LogP contribution in [0.5, 0.6) is 17.2 Å². The number of hydrogen-bond donors (Lipinski definition) is 1. The molecule has 2 rings (SSSR count). The van der Waals surface area contributed by atoms with Crippen LogP contribution < -0.4 is 19.5 Å². The van der Waals surface area contributed by atoms with Crippen LogP contribution in [0.25, 0.3) is 0 Å². The summed E-state index contributed by atoms with van der Waals surface area (Å²) in [5.74, 6) is 1.43. The number of carbonyl (C=O) groups is 1. The fourth-order valence-corrected chi connectivity index (χ4v) is 2.15. The fourth-order valence-electron chi connectivity index (χ4n) is 2.15. The van der Waals surface area contributed by atoms with E-state index in [-0.39, 0.29) is 11.9 Å². The van der Waals surface area contributed by atoms with Crippen LogP contribution in [0, 0.1) is 0 Å². The van der Waals surface area contributed by atoms with E-state index < -0.39 is 5.91 Å². The highest BCUT2D eigenvalue weighted by atomic mass is 16.5. The molecular formula is C16H21N3O5. The first-order chi connectivity index (χ1) is 11.5. The van der Waals surface area contributed by atoms with E-state index in [0.717, 1.165) is 5.56 Å². The van der Waals surface area contributed by atoms with Crippen molar-refractivity contribution in [2.75, 3.05) is 21.3 Å². The van der Waals surface area contributed by atoms with Gasteiger partial charge in [-0.1, -0.05) is 0 Å². The second-order valence-corrected chi connectivity index (χ2v) is 5.34. The molecule has 8 nitrogen and oxygen atoms in total. The molecule has 0 bridgehead atoms. The Hall–Kier alpha value is -2.77. The van der Waals surface area contributed by atoms with Gasteiger partial charge in [-0.25, -0.2) is 0 Å². The summed E-state index contributed by atoms with van der Waals surface area (Å²) < 4.78 is 21.3. The third-order valence-corrected chi connectivity index (χ3v) is 3.16. The molecular weight excluding hydrogens is 314 g/mol. The van der Waals surface area contributed by atoms with E-state index in [1.165, 1.54) is 7.11 Å². The third kappa shape index (κ3) is 3.95. The van der Waals surface area contributed by atoms with Gasteiger partial charge in [0.05, 0.1) is 27.8 Å². The van der Waals surface area contributed by atoms with Crippen molar-refractivity contribution in [3.8, 4) is 17.2 Å². The maximum atomic E-state index is 11.8. The standard InChI is InChI=1S/C16H21N3O5/c1-9(2)17-15(20)16-19-18-13(24-16)8-10-6-11(21-3)14(23-5)12(7-10)22-4/h6-7,9H,8H2,1-5H3,(H,17,20). The smallest absolute Gasteiger partial charge is 0.309 e. The molecule has 0 aliphatic rings. The number of aromatic nitrogens is 2. The molecule has 1 amide bonds. The zero-order valence-corrected chi connectivity index (χ0v) is 14.4. The zero-order valence-electron chi connectivity index (χ0n) is 14.4. The highest BCUT2D eigenvalue weighted by molar-refractivity contribution is 5.89. The summed E-state index contributed by atoms with van der Waals surface area (Å²) in [6.07, 6.45) is 0.332. The van der Waals surface area contributed by atoms with Crippen molar-refractivity contribution in [1.29, 1.82) is 0 Å². The summed E-state index contributed by atoms with van der Waals surface area (Å²) in [6, 6.07) is 3.57. The molecule has 1 N–H and O–H groups in total. The summed E-state index contributed by atoms with van der Waals surface area (Å²) in [6.45, 7) is 3.70. The predicted molar refractivity (Wildman–Crippen MR) is 85.8 cm³/mol. The average molecular weight is 335 g/mol. The van der Waals surface area contributed by atoms with Crippen LogP contribution in [0.15, 0.2) is 16.5 Å². The Morgan fingerprint density at radius 1 is 1.12 bits per heavy atom. The average Bonchev–Trinajstić information content (AvgIpc) is 3.01. The van der Waals surface area contributed by atoms with Crippen molar-refractivity contribution >= 4 is 5.91 Å². The van der Waals surface area contributed by atoms with Gasteiger partial charge in [-0.15, -0.1) is 10.2 Å². The summed E-state index contributed by atoms with van der Waals surface area (Å²) in [4.78, 5) is 11.8. The molecule has 1 aromatic carbocycles. The van der Waals surface area contributed by atoms with Crippen molar-refractivity contribution in [2.45, 2.75) is 26.3 Å². The Balaban J connectivity index is 2.22. The fraction of sp³-hybridized carbons (Fsp3) is 0.438. The molecule has 130 valence electrons. The van der Waals surface area contributed by atoms with E-state index in [4.69, 9.17) is 18.6 Å². The van der Waals surface area contributed by atoms with Gasteiger partial charge in [0.15, 0.2) is 11.5 Å². The van der Waals surface area contributed by atoms with Gasteiger partial charge in [0.25, 0.3) is 0 Å². The molecule has 1 aromatic heterocycles. The lowest BCUT2D eigenvalue weighted by Gasteiger charge is -2.13. The minimum Gasteiger partial charge on any atom is -0.493 e. The van der Waals surface area contributed by atoms with Crippen LogP contribution in [0.1, 0.15) is 36.0 Å². The zero-order chi connectivity index (χ0) is 17.7. The van der Waals surface area contributed by atoms with Crippen LogP contribution in [0.2, 0.25) is 0 Å². The molecule has 0 radical (unpaired) electrons. The molecule has 1 heterocycles. The van der Waals surface area contributed by atoms with Gasteiger partial charge in [-0.05, 0) is 31.5 Å². The van der Waals surface area contributed by atoms with Gasteiger partial charge in [0.1, 0.15) is 0 Å². The second kappa shape index (κ2) is 7.67. The molecule has 2 aromatic rings. The maximum Gasteiger partial charge on any atom is 0.309 e. The van der Waals surface area contributed by atoms with Crippen LogP contribution in [0.3, 0.4) is 0 Å². The minimum atomic E-state index is -0.395. The number of amides is 1. The molecule has 0 fully saturated rings. The largest absolute Gasteiger partial charge is 0.493 e. The number of benzene rings is 1. The predicted octanol–water partition coefficient (Wildman–Crippen LogP) is 1.82. The van der Waals surface area contributed by atoms with E-state index in [9.17, 15) is 4.79 Å². The Kier molecular flexibility index (Phi) is 5.62. The summed E-state index contributed by atoms with van der Waals surface area (Å²) in [5.41, 5.74) is 0.823. The van der Waals surface area contributed by atoms with Gasteiger partial charge in [0, 0.05) is 6.04 Å². The third-order valence-electron chi connectivity index (χ3n) is 3.16. The first-order valence-electron chi connectivity index (χ1n) is 7.40. The Labute approximate surface area is 140 Å². The number of rotatable bonds is 7. The highest BCUT2D eigenvalue weighted by Gasteiger charge is 2.18. The Morgan fingerprint density at radius 2 is 1.75 bits per heavy atom. The molecule has 24 heavy (non-hydrogen) atoms. The first kappa shape index (κ1) is 17.6. The molecule has 0 atom stereocenters. The molecule has 0 unspecified atom stereocenters. The van der Waals surface area contributed by atoms with Crippen molar-refractivity contribution < 1.29 is 23.4 Å². The lowest BCUT2D eigenvalue weighted by molar-refractivity contribution is 0.0906. The van der Waals surface area contributed by atoms with Crippen molar-refractivity contribution in [1.82, 2.24) is 15.5 Å². The first-order valence-corrected chi connectivity index (χ1v) is 7.40. The number of nitrogens with one attached hydrogen (secondary N) is 1. The summed E-state index contributed by atoms with van der Waals surface area (Å²) in [7, 11) is 4.63. The van der Waals surface area contributed by atoms with E-state index in [1.807, 2.05) is 13.8 Å². The lowest BCUT2D eigenvalue weighted by atomic mass is 10.1. The second-order valence-electron chi connectivity index (χ2n) is 5.34. The van der Waals surface area contributed by atoms with E-state index in [2.05, 4.69) is 15.5 Å². The number of carbonyl (C=O) groups excluding carboxylic acids is 1. The Bertz CT molecular complexity index is 686. The summed E-state index contributed by atoms with van der Waals surface area (Å²) >= 11 is 0. The van der Waals surface area contributed by atoms with Gasteiger partial charge in [0.2, 0.25) is 11.6 Å². The van der Waals surface area contributed by atoms with Crippen LogP contribution in [-0.2, 0) is 6.42 Å². The molecule has 0 aliphatic carbocycles. The maximum absolute atomic E-state index is 11.8. The Morgan fingerprint density at radius 3 is 2.25 bits per heavy atom. The molecule has 0 spiro atoms. The van der Waals surface area contributed by atoms with Gasteiger partial charge < -0.3 is 23.9 Å². The van der Waals surface area contributed by atoms with Crippen LogP contribution in [0.4, 0.5) is 0 Å². The quantitative estimate of drug-likeness (QED) is 0.824. The number of hydrogen-bond acceptors (Lipinski definition) is 7. The SMILES string of the molecule is COc1cc(Cc2nnc(C(=O)NC(C)C)o2)cc(OC)c1OC. The molecule has 0 saturated heterocycles. The van der Waals surface area contributed by atoms with Crippen LogP contribution >= 0.6 is 0 Å². The van der Waals surface area contributed by atoms with Gasteiger partial charge >= 0.3 is 11.8 Å². The highest BCUT2D eigenvalue weighted by Crippen LogP contribution is 2.38. The van der Waals surface area contributed by atoms with E-state index in [0.29, 0.717) is 29.6 Å². The van der Waals surface area contributed by atoms with Gasteiger partial charge in [-0.2, -0.15) is 0 Å². The van der Waals surface area contributed by atoms with Crippen LogP contribution in [-0.4, -0.2) is 43.5 Å². The number of nitrogens with zero attached hydrogens (tertiary/aromatic N) is 2. The molecule has 8 heteroatoms. The number of methoxy groups -OCH3 is 3. The van der Waals surface area contributed by atoms with E-state index in [1.54, 1.807) is 26.4 Å².